The minimum absolute atomic E-state index is 0.275. The quantitative estimate of drug-likeness (QED) is 0.350. The summed E-state index contributed by atoms with van der Waals surface area (Å²) in [6.45, 7) is 1.82. The lowest BCUT2D eigenvalue weighted by atomic mass is 9.94. The van der Waals surface area contributed by atoms with Gasteiger partial charge in [0.15, 0.2) is 16.7 Å². The van der Waals surface area contributed by atoms with Crippen molar-refractivity contribution in [1.29, 1.82) is 0 Å². The number of halogens is 2. The van der Waals surface area contributed by atoms with Crippen molar-refractivity contribution in [2.24, 2.45) is 0 Å². The van der Waals surface area contributed by atoms with Gasteiger partial charge in [-0.15, -0.1) is 0 Å². The third kappa shape index (κ3) is 4.26. The number of nitrogens with zero attached hydrogens (tertiary/aromatic N) is 3. The number of aromatic nitrogens is 2. The lowest BCUT2D eigenvalue weighted by Gasteiger charge is -2.37. The molecule has 4 aromatic rings. The Morgan fingerprint density at radius 2 is 1.80 bits per heavy atom. The molecule has 0 spiro atoms. The predicted octanol–water partition coefficient (Wildman–Crippen LogP) is 5.89. The van der Waals surface area contributed by atoms with Gasteiger partial charge in [-0.2, -0.15) is 4.98 Å². The molecule has 0 aliphatic carbocycles. The summed E-state index contributed by atoms with van der Waals surface area (Å²) in [5.41, 5.74) is 3.30. The van der Waals surface area contributed by atoms with Crippen molar-refractivity contribution in [2.45, 2.75) is 13.0 Å². The molecule has 1 unspecified atom stereocenters. The fraction of sp³-hybridized carbons (Fsp3) is 0.115. The van der Waals surface area contributed by atoms with E-state index in [1.54, 1.807) is 12.0 Å². The van der Waals surface area contributed by atoms with Crippen LogP contribution in [0.3, 0.4) is 0 Å². The van der Waals surface area contributed by atoms with Gasteiger partial charge >= 0.3 is 0 Å². The molecule has 0 fully saturated rings. The van der Waals surface area contributed by atoms with Crippen LogP contribution in [-0.2, 0) is 0 Å². The summed E-state index contributed by atoms with van der Waals surface area (Å²) in [6, 6.07) is 20.1. The Morgan fingerprint density at radius 3 is 2.54 bits per heavy atom. The van der Waals surface area contributed by atoms with Crippen molar-refractivity contribution in [2.75, 3.05) is 12.0 Å². The maximum absolute atomic E-state index is 14.1. The average Bonchev–Trinajstić information content (AvgIpc) is 3.36. The molecule has 1 aliphatic rings. The van der Waals surface area contributed by atoms with Crippen LogP contribution in [-0.4, -0.2) is 22.4 Å². The number of thiocarbonyl (C=S) groups is 1. The van der Waals surface area contributed by atoms with Crippen LogP contribution in [0.5, 0.6) is 5.75 Å². The molecule has 1 aromatic heterocycles. The smallest absolute Gasteiger partial charge is 0.258 e. The standard InChI is InChI=1S/C26H20F2N4O2S/c1-15-22(25-30-24(31-34-25)16-7-4-3-5-8-16)23(17-9-6-10-19(13-17)33-2)29-26(35)32(15)18-11-12-20(27)21(28)14-18/h3-14,23H,1-2H3,(H,29,35). The van der Waals surface area contributed by atoms with Gasteiger partial charge in [0, 0.05) is 17.3 Å². The van der Waals surface area contributed by atoms with Gasteiger partial charge < -0.3 is 14.6 Å². The maximum atomic E-state index is 14.1. The van der Waals surface area contributed by atoms with Crippen molar-refractivity contribution in [3.8, 4) is 17.1 Å². The molecular formula is C26H20F2N4O2S. The predicted molar refractivity (Wildman–Crippen MR) is 133 cm³/mol. The van der Waals surface area contributed by atoms with Crippen LogP contribution in [0.15, 0.2) is 83.0 Å². The largest absolute Gasteiger partial charge is 0.497 e. The molecule has 5 rings (SSSR count). The normalized spacial score (nSPS) is 15.8. The average molecular weight is 491 g/mol. The van der Waals surface area contributed by atoms with E-state index in [-0.39, 0.29) is 5.89 Å². The van der Waals surface area contributed by atoms with Crippen molar-refractivity contribution in [3.63, 3.8) is 0 Å². The van der Waals surface area contributed by atoms with Gasteiger partial charge in [-0.3, -0.25) is 4.90 Å². The summed E-state index contributed by atoms with van der Waals surface area (Å²) >= 11 is 5.65. The van der Waals surface area contributed by atoms with Crippen LogP contribution in [0.4, 0.5) is 14.5 Å². The zero-order valence-electron chi connectivity index (χ0n) is 18.8. The van der Waals surface area contributed by atoms with E-state index in [1.807, 2.05) is 61.5 Å². The molecule has 0 bridgehead atoms. The lowest BCUT2D eigenvalue weighted by molar-refractivity contribution is 0.403. The molecule has 0 saturated carbocycles. The highest BCUT2D eigenvalue weighted by atomic mass is 32.1. The van der Waals surface area contributed by atoms with E-state index in [2.05, 4.69) is 15.5 Å². The van der Waals surface area contributed by atoms with Gasteiger partial charge in [-0.25, -0.2) is 8.78 Å². The topological polar surface area (TPSA) is 63.4 Å². The highest BCUT2D eigenvalue weighted by Crippen LogP contribution is 2.40. The van der Waals surface area contributed by atoms with Gasteiger partial charge in [0.1, 0.15) is 5.75 Å². The zero-order chi connectivity index (χ0) is 24.5. The molecule has 2 heterocycles. The molecule has 6 nitrogen and oxygen atoms in total. The van der Waals surface area contributed by atoms with Crippen LogP contribution < -0.4 is 15.0 Å². The molecule has 0 radical (unpaired) electrons. The summed E-state index contributed by atoms with van der Waals surface area (Å²) in [6.07, 6.45) is 0. The highest BCUT2D eigenvalue weighted by molar-refractivity contribution is 7.80. The van der Waals surface area contributed by atoms with Crippen molar-refractivity contribution in [3.05, 3.63) is 102 Å². The molecule has 3 aromatic carbocycles. The van der Waals surface area contributed by atoms with E-state index >= 15 is 0 Å². The summed E-state index contributed by atoms with van der Waals surface area (Å²) < 4.78 is 38.8. The molecule has 35 heavy (non-hydrogen) atoms. The van der Waals surface area contributed by atoms with Gasteiger partial charge in [-0.1, -0.05) is 47.6 Å². The first kappa shape index (κ1) is 22.7. The number of hydrogen-bond donors (Lipinski definition) is 1. The monoisotopic (exact) mass is 490 g/mol. The fourth-order valence-electron chi connectivity index (χ4n) is 4.06. The molecule has 1 atom stereocenters. The van der Waals surface area contributed by atoms with Crippen LogP contribution in [0, 0.1) is 11.6 Å². The van der Waals surface area contributed by atoms with Gasteiger partial charge in [0.2, 0.25) is 5.82 Å². The summed E-state index contributed by atoms with van der Waals surface area (Å²) in [4.78, 5) is 6.27. The van der Waals surface area contributed by atoms with Crippen LogP contribution in [0.2, 0.25) is 0 Å². The van der Waals surface area contributed by atoms with Gasteiger partial charge in [0.25, 0.3) is 5.89 Å². The Balaban J connectivity index is 1.67. The first-order valence-corrected chi connectivity index (χ1v) is 11.2. The van der Waals surface area contributed by atoms with E-state index < -0.39 is 17.7 Å². The summed E-state index contributed by atoms with van der Waals surface area (Å²) in [5.74, 6) is -0.538. The second-order valence-corrected chi connectivity index (χ2v) is 8.27. The number of rotatable bonds is 5. The van der Waals surface area contributed by atoms with Crippen LogP contribution >= 0.6 is 12.2 Å². The number of methoxy groups -OCH3 is 1. The molecule has 0 saturated heterocycles. The number of hydrogen-bond acceptors (Lipinski definition) is 5. The number of benzene rings is 3. The molecule has 1 N–H and O–H groups in total. The fourth-order valence-corrected chi connectivity index (χ4v) is 4.42. The molecule has 9 heteroatoms. The number of ether oxygens (including phenoxy) is 1. The third-order valence-corrected chi connectivity index (χ3v) is 6.06. The minimum Gasteiger partial charge on any atom is -0.497 e. The Bertz CT molecular complexity index is 1440. The van der Waals surface area contributed by atoms with Crippen molar-refractivity contribution < 1.29 is 18.0 Å². The third-order valence-electron chi connectivity index (χ3n) is 5.76. The van der Waals surface area contributed by atoms with E-state index in [0.717, 1.165) is 23.3 Å². The van der Waals surface area contributed by atoms with E-state index in [0.29, 0.717) is 33.6 Å². The Morgan fingerprint density at radius 1 is 1.00 bits per heavy atom. The van der Waals surface area contributed by atoms with Gasteiger partial charge in [0.05, 0.1) is 24.4 Å². The molecule has 0 amide bonds. The van der Waals surface area contributed by atoms with E-state index in [1.165, 1.54) is 6.07 Å². The van der Waals surface area contributed by atoms with E-state index in [4.69, 9.17) is 21.5 Å². The second kappa shape index (κ2) is 9.27. The van der Waals surface area contributed by atoms with Crippen LogP contribution in [0.25, 0.3) is 17.0 Å². The summed E-state index contributed by atoms with van der Waals surface area (Å²) in [5, 5.41) is 7.77. The number of anilines is 1. The SMILES string of the molecule is COc1cccc(C2NC(=S)N(c3ccc(F)c(F)c3)C(C)=C2c2nc(-c3ccccc3)no2)c1. The first-order chi connectivity index (χ1) is 17.0. The van der Waals surface area contributed by atoms with Gasteiger partial charge in [-0.05, 0) is 49.0 Å². The van der Waals surface area contributed by atoms with E-state index in [9.17, 15) is 8.78 Å². The maximum Gasteiger partial charge on any atom is 0.258 e. The minimum atomic E-state index is -0.973. The summed E-state index contributed by atoms with van der Waals surface area (Å²) in [7, 11) is 1.59. The Hall–Kier alpha value is -4.11. The molecule has 176 valence electrons. The van der Waals surface area contributed by atoms with Crippen LogP contribution in [0.1, 0.15) is 24.4 Å². The number of allylic oxidation sites excluding steroid dienone is 1. The number of nitrogens with one attached hydrogen (secondary N) is 1. The van der Waals surface area contributed by atoms with Crippen molar-refractivity contribution >= 4 is 28.6 Å². The van der Waals surface area contributed by atoms with Crippen molar-refractivity contribution in [1.82, 2.24) is 15.5 Å². The Kier molecular flexibility index (Phi) is 6.00. The highest BCUT2D eigenvalue weighted by Gasteiger charge is 2.35. The zero-order valence-corrected chi connectivity index (χ0v) is 19.6. The lowest BCUT2D eigenvalue weighted by Crippen LogP contribution is -2.46. The Labute approximate surface area is 205 Å². The second-order valence-electron chi connectivity index (χ2n) is 7.88. The first-order valence-electron chi connectivity index (χ1n) is 10.8. The molecular weight excluding hydrogens is 470 g/mol. The molecule has 1 aliphatic heterocycles.